The van der Waals surface area contributed by atoms with Gasteiger partial charge >= 0.3 is 12.1 Å². The third-order valence-corrected chi connectivity index (χ3v) is 3.04. The van der Waals surface area contributed by atoms with Crippen molar-refractivity contribution < 1.29 is 19.4 Å². The van der Waals surface area contributed by atoms with Gasteiger partial charge in [-0.1, -0.05) is 6.08 Å². The van der Waals surface area contributed by atoms with E-state index >= 15 is 0 Å². The largest absolute Gasteiger partial charge is 0.467 e. The normalized spacial score (nSPS) is 27.3. The molecule has 0 aromatic carbocycles. The third-order valence-electron chi connectivity index (χ3n) is 3.04. The lowest BCUT2D eigenvalue weighted by atomic mass is 9.78. The summed E-state index contributed by atoms with van der Waals surface area (Å²) >= 11 is 0. The lowest BCUT2D eigenvalue weighted by Gasteiger charge is -2.28. The van der Waals surface area contributed by atoms with Gasteiger partial charge in [-0.15, -0.1) is 6.58 Å². The van der Waals surface area contributed by atoms with E-state index in [1.165, 1.54) is 13.2 Å². The highest BCUT2D eigenvalue weighted by molar-refractivity contribution is 5.83. The molecule has 1 heterocycles. The van der Waals surface area contributed by atoms with Gasteiger partial charge in [0.05, 0.1) is 18.6 Å². The molecule has 0 bridgehead atoms. The van der Waals surface area contributed by atoms with Crippen molar-refractivity contribution in [3.63, 3.8) is 0 Å². The van der Waals surface area contributed by atoms with Crippen molar-refractivity contribution in [1.29, 1.82) is 5.26 Å². The van der Waals surface area contributed by atoms with Crippen molar-refractivity contribution in [2.45, 2.75) is 18.9 Å². The fourth-order valence-corrected chi connectivity index (χ4v) is 2.19. The summed E-state index contributed by atoms with van der Waals surface area (Å²) in [6, 6.07) is 0.976. The second-order valence-electron chi connectivity index (χ2n) is 3.91. The minimum absolute atomic E-state index is 0.149. The number of carbonyl (C=O) groups is 2. The number of likely N-dealkylation sites (tertiary alicyclic amines) is 1. The van der Waals surface area contributed by atoms with E-state index in [4.69, 9.17) is 5.11 Å². The van der Waals surface area contributed by atoms with Crippen molar-refractivity contribution >= 4 is 12.1 Å². The van der Waals surface area contributed by atoms with Crippen molar-refractivity contribution in [1.82, 2.24) is 4.90 Å². The highest BCUT2D eigenvalue weighted by Crippen LogP contribution is 2.40. The van der Waals surface area contributed by atoms with Gasteiger partial charge in [0, 0.05) is 6.54 Å². The Morgan fingerprint density at radius 3 is 2.82 bits per heavy atom. The number of carboxylic acid groups (broad SMARTS) is 1. The average Bonchev–Trinajstić information content (AvgIpc) is 2.69. The summed E-state index contributed by atoms with van der Waals surface area (Å²) in [5.74, 6) is -0.701. The van der Waals surface area contributed by atoms with Gasteiger partial charge in [0.1, 0.15) is 0 Å². The number of nitrogens with zero attached hydrogens (tertiary/aromatic N) is 2. The predicted molar refractivity (Wildman–Crippen MR) is 58.0 cm³/mol. The minimum atomic E-state index is -1.22. The Labute approximate surface area is 99.1 Å². The van der Waals surface area contributed by atoms with Gasteiger partial charge in [0.15, 0.2) is 6.04 Å². The van der Waals surface area contributed by atoms with Gasteiger partial charge in [0.2, 0.25) is 0 Å². The molecule has 0 aliphatic carbocycles. The molecule has 1 N–H and O–H groups in total. The van der Waals surface area contributed by atoms with Crippen LogP contribution < -0.4 is 0 Å². The molecular formula is C11H14N2O4. The standard InChI is InChI=1S/C11H14N2O4/c1-3-4-11(7-12)5-6-13(10(15)16)8(11)9(14)17-2/h3,8H,1,4-6H2,2H3,(H,15,16). The molecule has 1 aliphatic rings. The molecule has 1 amide bonds. The summed E-state index contributed by atoms with van der Waals surface area (Å²) in [6.07, 6.45) is 0.862. The van der Waals surface area contributed by atoms with E-state index in [1.807, 2.05) is 0 Å². The van der Waals surface area contributed by atoms with Crippen LogP contribution in [0, 0.1) is 16.7 Å². The lowest BCUT2D eigenvalue weighted by molar-refractivity contribution is -0.147. The molecule has 6 heteroatoms. The average molecular weight is 238 g/mol. The molecule has 0 spiro atoms. The summed E-state index contributed by atoms with van der Waals surface area (Å²) in [5.41, 5.74) is -1.06. The van der Waals surface area contributed by atoms with Gasteiger partial charge in [0.25, 0.3) is 0 Å². The van der Waals surface area contributed by atoms with E-state index in [9.17, 15) is 14.9 Å². The molecule has 1 rings (SSSR count). The first-order valence-electron chi connectivity index (χ1n) is 5.12. The number of hydrogen-bond acceptors (Lipinski definition) is 4. The van der Waals surface area contributed by atoms with Crippen LogP contribution in [0.2, 0.25) is 0 Å². The smallest absolute Gasteiger partial charge is 0.408 e. The van der Waals surface area contributed by atoms with Crippen molar-refractivity contribution in [2.24, 2.45) is 5.41 Å². The predicted octanol–water partition coefficient (Wildman–Crippen LogP) is 0.998. The summed E-state index contributed by atoms with van der Waals surface area (Å²) < 4.78 is 4.59. The number of rotatable bonds is 3. The first-order valence-corrected chi connectivity index (χ1v) is 5.12. The number of esters is 1. The molecule has 1 fully saturated rings. The fourth-order valence-electron chi connectivity index (χ4n) is 2.19. The lowest BCUT2D eigenvalue weighted by Crippen LogP contribution is -2.47. The molecule has 0 aromatic heterocycles. The van der Waals surface area contributed by atoms with Crippen molar-refractivity contribution in [2.75, 3.05) is 13.7 Å². The first kappa shape index (κ1) is 13.0. The number of ether oxygens (including phenoxy) is 1. The quantitative estimate of drug-likeness (QED) is 0.585. The molecule has 0 aromatic rings. The Bertz CT molecular complexity index is 387. The number of nitriles is 1. The van der Waals surface area contributed by atoms with E-state index in [-0.39, 0.29) is 13.0 Å². The van der Waals surface area contributed by atoms with E-state index in [2.05, 4.69) is 17.4 Å². The maximum Gasteiger partial charge on any atom is 0.408 e. The fraction of sp³-hybridized carbons (Fsp3) is 0.545. The Morgan fingerprint density at radius 2 is 2.41 bits per heavy atom. The molecule has 92 valence electrons. The number of amides is 1. The van der Waals surface area contributed by atoms with Crippen LogP contribution in [0.5, 0.6) is 0 Å². The van der Waals surface area contributed by atoms with Gasteiger partial charge in [-0.2, -0.15) is 5.26 Å². The van der Waals surface area contributed by atoms with E-state index in [1.54, 1.807) is 0 Å². The zero-order valence-corrected chi connectivity index (χ0v) is 9.55. The number of allylic oxidation sites excluding steroid dienone is 1. The zero-order valence-electron chi connectivity index (χ0n) is 9.55. The van der Waals surface area contributed by atoms with Crippen LogP contribution in [0.1, 0.15) is 12.8 Å². The second-order valence-corrected chi connectivity index (χ2v) is 3.91. The Hall–Kier alpha value is -2.03. The topological polar surface area (TPSA) is 90.6 Å². The Balaban J connectivity index is 3.15. The third kappa shape index (κ3) is 2.09. The van der Waals surface area contributed by atoms with E-state index < -0.39 is 23.5 Å². The van der Waals surface area contributed by atoms with Gasteiger partial charge in [-0.3, -0.25) is 4.90 Å². The number of carbonyl (C=O) groups excluding carboxylic acids is 1. The van der Waals surface area contributed by atoms with Crippen LogP contribution in [-0.4, -0.2) is 41.8 Å². The molecule has 2 atom stereocenters. The van der Waals surface area contributed by atoms with Crippen LogP contribution in [-0.2, 0) is 9.53 Å². The van der Waals surface area contributed by atoms with Crippen molar-refractivity contribution in [3.8, 4) is 6.07 Å². The van der Waals surface area contributed by atoms with Gasteiger partial charge in [-0.05, 0) is 12.8 Å². The minimum Gasteiger partial charge on any atom is -0.467 e. The molecule has 0 radical (unpaired) electrons. The molecule has 1 saturated heterocycles. The number of methoxy groups -OCH3 is 1. The maximum absolute atomic E-state index is 11.7. The van der Waals surface area contributed by atoms with Crippen LogP contribution >= 0.6 is 0 Å². The highest BCUT2D eigenvalue weighted by Gasteiger charge is 2.53. The van der Waals surface area contributed by atoms with Crippen molar-refractivity contribution in [3.05, 3.63) is 12.7 Å². The van der Waals surface area contributed by atoms with E-state index in [0.29, 0.717) is 6.42 Å². The Kier molecular flexibility index (Phi) is 3.73. The van der Waals surface area contributed by atoms with Crippen LogP contribution in [0.25, 0.3) is 0 Å². The zero-order chi connectivity index (χ0) is 13.1. The number of hydrogen-bond donors (Lipinski definition) is 1. The van der Waals surface area contributed by atoms with E-state index in [0.717, 1.165) is 4.90 Å². The second kappa shape index (κ2) is 4.87. The summed E-state index contributed by atoms with van der Waals surface area (Å²) in [7, 11) is 1.18. The molecule has 6 nitrogen and oxygen atoms in total. The summed E-state index contributed by atoms with van der Waals surface area (Å²) in [5, 5.41) is 18.2. The summed E-state index contributed by atoms with van der Waals surface area (Å²) in [4.78, 5) is 23.6. The molecule has 0 saturated carbocycles. The van der Waals surface area contributed by atoms with Crippen LogP contribution in [0.15, 0.2) is 12.7 Å². The monoisotopic (exact) mass is 238 g/mol. The first-order chi connectivity index (χ1) is 8.02. The molecule has 1 aliphatic heterocycles. The Morgan fingerprint density at radius 1 is 1.76 bits per heavy atom. The molecular weight excluding hydrogens is 224 g/mol. The molecule has 2 unspecified atom stereocenters. The van der Waals surface area contributed by atoms with Crippen LogP contribution in [0.3, 0.4) is 0 Å². The van der Waals surface area contributed by atoms with Gasteiger partial charge in [-0.25, -0.2) is 9.59 Å². The SMILES string of the molecule is C=CCC1(C#N)CCN(C(=O)O)C1C(=O)OC. The van der Waals surface area contributed by atoms with Crippen LogP contribution in [0.4, 0.5) is 4.79 Å². The highest BCUT2D eigenvalue weighted by atomic mass is 16.5. The van der Waals surface area contributed by atoms with Gasteiger partial charge < -0.3 is 9.84 Å². The summed E-state index contributed by atoms with van der Waals surface area (Å²) in [6.45, 7) is 3.69. The molecule has 17 heavy (non-hydrogen) atoms. The maximum atomic E-state index is 11.7.